The Bertz CT molecular complexity index is 1140. The van der Waals surface area contributed by atoms with Crippen molar-refractivity contribution in [1.82, 2.24) is 20.4 Å². The summed E-state index contributed by atoms with van der Waals surface area (Å²) in [5.41, 5.74) is 0.173. The van der Waals surface area contributed by atoms with E-state index in [1.165, 1.54) is 11.0 Å². The van der Waals surface area contributed by atoms with Gasteiger partial charge >= 0.3 is 6.18 Å². The average Bonchev–Trinajstić information content (AvgIpc) is 3.30. The zero-order valence-electron chi connectivity index (χ0n) is 15.9. The third-order valence-corrected chi connectivity index (χ3v) is 5.06. The second-order valence-electron chi connectivity index (χ2n) is 7.18. The molecule has 7 nitrogen and oxygen atoms in total. The molecule has 1 aliphatic heterocycles. The molecule has 164 valence electrons. The van der Waals surface area contributed by atoms with Gasteiger partial charge in [-0.3, -0.25) is 9.59 Å². The van der Waals surface area contributed by atoms with Crippen LogP contribution in [-0.4, -0.2) is 45.6 Å². The lowest BCUT2D eigenvalue weighted by atomic mass is 10.0. The minimum atomic E-state index is -4.63. The van der Waals surface area contributed by atoms with Crippen LogP contribution in [0.4, 0.5) is 22.0 Å². The number of amides is 2. The Balaban J connectivity index is 1.55. The highest BCUT2D eigenvalue weighted by atomic mass is 19.4. The monoisotopic (exact) mass is 442 g/mol. The number of nitrogens with zero attached hydrogens (tertiary/aromatic N) is 2. The number of alkyl halides is 3. The summed E-state index contributed by atoms with van der Waals surface area (Å²) in [6.07, 6.45) is -4.43. The number of halogens is 5. The van der Waals surface area contributed by atoms with E-state index in [0.717, 1.165) is 19.1 Å². The summed E-state index contributed by atoms with van der Waals surface area (Å²) in [5.74, 6) is -3.40. The van der Waals surface area contributed by atoms with Crippen LogP contribution in [0.1, 0.15) is 39.2 Å². The average molecular weight is 442 g/mol. The smallest absolute Gasteiger partial charge is 0.360 e. The molecule has 0 fully saturated rings. The standard InChI is InChI=1S/C19H15F5N4O3/c1-8(19(22,23)24)25-17(29)16-10-7-28(3-2-15(10)31-27-16)18(30)14-5-9-4-11(20)12(21)6-13(9)26-14/h4-6,8,26H,2-3,7H2,1H3,(H,25,29)/t8-/m1/s1. The first-order valence-corrected chi connectivity index (χ1v) is 9.16. The molecule has 0 bridgehead atoms. The van der Waals surface area contributed by atoms with Crippen molar-refractivity contribution in [3.05, 3.63) is 52.5 Å². The van der Waals surface area contributed by atoms with Gasteiger partial charge in [0, 0.05) is 35.5 Å². The maximum absolute atomic E-state index is 13.4. The molecule has 2 aromatic heterocycles. The van der Waals surface area contributed by atoms with Gasteiger partial charge in [-0.1, -0.05) is 5.16 Å². The predicted octanol–water partition coefficient (Wildman–Crippen LogP) is 3.31. The normalized spacial score (nSPS) is 15.1. The number of benzene rings is 1. The number of aromatic amines is 1. The van der Waals surface area contributed by atoms with Crippen LogP contribution in [-0.2, 0) is 13.0 Å². The highest BCUT2D eigenvalue weighted by Gasteiger charge is 2.38. The number of hydrogen-bond acceptors (Lipinski definition) is 4. The quantitative estimate of drug-likeness (QED) is 0.609. The Hall–Kier alpha value is -3.44. The van der Waals surface area contributed by atoms with Crippen LogP contribution in [0.2, 0.25) is 0 Å². The van der Waals surface area contributed by atoms with Crippen molar-refractivity contribution < 1.29 is 36.1 Å². The maximum atomic E-state index is 13.4. The molecule has 0 spiro atoms. The number of H-pyrrole nitrogens is 1. The Morgan fingerprint density at radius 2 is 1.94 bits per heavy atom. The summed E-state index contributed by atoms with van der Waals surface area (Å²) in [7, 11) is 0. The summed E-state index contributed by atoms with van der Waals surface area (Å²) in [4.78, 5) is 29.2. The maximum Gasteiger partial charge on any atom is 0.408 e. The van der Waals surface area contributed by atoms with E-state index >= 15 is 0 Å². The SMILES string of the molecule is C[C@@H](NC(=O)c1noc2c1CN(C(=O)c1cc3cc(F)c(F)cc3[nH]1)CC2)C(F)(F)F. The number of hydrogen-bond donors (Lipinski definition) is 2. The fourth-order valence-electron chi connectivity index (χ4n) is 3.32. The highest BCUT2D eigenvalue weighted by molar-refractivity contribution is 5.98. The van der Waals surface area contributed by atoms with Crippen LogP contribution in [0.5, 0.6) is 0 Å². The molecule has 12 heteroatoms. The molecule has 1 aromatic carbocycles. The summed E-state index contributed by atoms with van der Waals surface area (Å²) in [6, 6.07) is 1.15. The highest BCUT2D eigenvalue weighted by Crippen LogP contribution is 2.26. The van der Waals surface area contributed by atoms with Crippen molar-refractivity contribution in [1.29, 1.82) is 0 Å². The fourth-order valence-corrected chi connectivity index (χ4v) is 3.32. The lowest BCUT2D eigenvalue weighted by molar-refractivity contribution is -0.149. The van der Waals surface area contributed by atoms with E-state index in [4.69, 9.17) is 4.52 Å². The Kier molecular flexibility index (Phi) is 4.94. The lowest BCUT2D eigenvalue weighted by Crippen LogP contribution is -2.44. The molecule has 0 saturated carbocycles. The topological polar surface area (TPSA) is 91.2 Å². The van der Waals surface area contributed by atoms with Crippen molar-refractivity contribution in [3.8, 4) is 0 Å². The van der Waals surface area contributed by atoms with Crippen LogP contribution in [0.25, 0.3) is 10.9 Å². The Morgan fingerprint density at radius 1 is 1.23 bits per heavy atom. The third kappa shape index (κ3) is 3.84. The van der Waals surface area contributed by atoms with Crippen molar-refractivity contribution in [2.24, 2.45) is 0 Å². The third-order valence-electron chi connectivity index (χ3n) is 5.06. The van der Waals surface area contributed by atoms with Gasteiger partial charge in [-0.15, -0.1) is 0 Å². The molecule has 1 atom stereocenters. The first-order chi connectivity index (χ1) is 14.5. The van der Waals surface area contributed by atoms with Crippen LogP contribution < -0.4 is 5.32 Å². The molecule has 2 amide bonds. The first-order valence-electron chi connectivity index (χ1n) is 9.16. The molecule has 31 heavy (non-hydrogen) atoms. The Labute approximate surface area is 171 Å². The van der Waals surface area contributed by atoms with E-state index in [-0.39, 0.29) is 42.0 Å². The molecule has 0 aliphatic carbocycles. The predicted molar refractivity (Wildman–Crippen MR) is 96.1 cm³/mol. The summed E-state index contributed by atoms with van der Waals surface area (Å²) in [6.45, 7) is 0.861. The van der Waals surface area contributed by atoms with E-state index in [2.05, 4.69) is 10.1 Å². The number of carbonyl (C=O) groups excluding carboxylic acids is 2. The zero-order valence-corrected chi connectivity index (χ0v) is 15.9. The van der Waals surface area contributed by atoms with Crippen molar-refractivity contribution in [2.45, 2.75) is 32.1 Å². The summed E-state index contributed by atoms with van der Waals surface area (Å²) in [5, 5.41) is 5.68. The number of rotatable bonds is 3. The van der Waals surface area contributed by atoms with Gasteiger partial charge < -0.3 is 19.7 Å². The van der Waals surface area contributed by atoms with Gasteiger partial charge in [0.05, 0.1) is 6.54 Å². The molecular weight excluding hydrogens is 427 g/mol. The van der Waals surface area contributed by atoms with Gasteiger partial charge in [0.15, 0.2) is 17.3 Å². The summed E-state index contributed by atoms with van der Waals surface area (Å²) < 4.78 is 70.1. The van der Waals surface area contributed by atoms with E-state index in [1.807, 2.05) is 5.32 Å². The van der Waals surface area contributed by atoms with Crippen LogP contribution >= 0.6 is 0 Å². The molecule has 4 rings (SSSR count). The largest absolute Gasteiger partial charge is 0.408 e. The van der Waals surface area contributed by atoms with E-state index in [0.29, 0.717) is 11.1 Å². The molecule has 3 heterocycles. The van der Waals surface area contributed by atoms with E-state index in [1.54, 1.807) is 0 Å². The van der Waals surface area contributed by atoms with Crippen LogP contribution in [0, 0.1) is 11.6 Å². The molecule has 1 aliphatic rings. The number of aromatic nitrogens is 2. The molecule has 2 N–H and O–H groups in total. The minimum absolute atomic E-state index is 0.0663. The van der Waals surface area contributed by atoms with Gasteiger partial charge in [0.25, 0.3) is 11.8 Å². The number of fused-ring (bicyclic) bond motifs is 2. The van der Waals surface area contributed by atoms with Gasteiger partial charge in [0.2, 0.25) is 0 Å². The molecule has 0 saturated heterocycles. The van der Waals surface area contributed by atoms with Crippen molar-refractivity contribution >= 4 is 22.7 Å². The minimum Gasteiger partial charge on any atom is -0.360 e. The second kappa shape index (κ2) is 7.36. The summed E-state index contributed by atoms with van der Waals surface area (Å²) >= 11 is 0. The lowest BCUT2D eigenvalue weighted by Gasteiger charge is -2.26. The van der Waals surface area contributed by atoms with Crippen LogP contribution in [0.15, 0.2) is 22.7 Å². The van der Waals surface area contributed by atoms with Gasteiger partial charge in [0.1, 0.15) is 17.5 Å². The molecule has 3 aromatic rings. The van der Waals surface area contributed by atoms with Crippen LogP contribution in [0.3, 0.4) is 0 Å². The zero-order chi connectivity index (χ0) is 22.5. The molecule has 0 unspecified atom stereocenters. The molecular formula is C19H15F5N4O3. The van der Waals surface area contributed by atoms with E-state index in [9.17, 15) is 31.5 Å². The first kappa shape index (κ1) is 20.8. The Morgan fingerprint density at radius 3 is 2.65 bits per heavy atom. The number of carbonyl (C=O) groups is 2. The number of nitrogens with one attached hydrogen (secondary N) is 2. The van der Waals surface area contributed by atoms with Crippen molar-refractivity contribution in [2.75, 3.05) is 6.54 Å². The fraction of sp³-hybridized carbons (Fsp3) is 0.316. The van der Waals surface area contributed by atoms with Gasteiger partial charge in [-0.05, 0) is 19.1 Å². The van der Waals surface area contributed by atoms with Gasteiger partial charge in [-0.2, -0.15) is 13.2 Å². The van der Waals surface area contributed by atoms with Crippen molar-refractivity contribution in [3.63, 3.8) is 0 Å². The van der Waals surface area contributed by atoms with E-state index < -0.39 is 35.7 Å². The second-order valence-corrected chi connectivity index (χ2v) is 7.18. The van der Waals surface area contributed by atoms with Gasteiger partial charge in [-0.25, -0.2) is 8.78 Å². The molecule has 0 radical (unpaired) electrons.